The molecule has 0 aromatic heterocycles. The number of hydrogen-bond donors (Lipinski definition) is 1. The first-order valence-electron chi connectivity index (χ1n) is 3.61. The summed E-state index contributed by atoms with van der Waals surface area (Å²) in [5.41, 5.74) is 0.274. The van der Waals surface area contributed by atoms with Crippen molar-refractivity contribution >= 4 is 12.6 Å². The lowest BCUT2D eigenvalue weighted by atomic mass is 10.1. The second-order valence-corrected chi connectivity index (χ2v) is 2.91. The van der Waals surface area contributed by atoms with Crippen molar-refractivity contribution in [3.05, 3.63) is 0 Å². The van der Waals surface area contributed by atoms with Gasteiger partial charge in [0, 0.05) is 11.8 Å². The van der Waals surface area contributed by atoms with Crippen LogP contribution in [0, 0.1) is 0 Å². The van der Waals surface area contributed by atoms with Gasteiger partial charge in [-0.25, -0.2) is 4.99 Å². The Kier molecular flexibility index (Phi) is 1.14. The Bertz CT molecular complexity index is 179. The van der Waals surface area contributed by atoms with Crippen LogP contribution in [0.2, 0.25) is 0 Å². The summed E-state index contributed by atoms with van der Waals surface area (Å²) >= 11 is 0. The Morgan fingerprint density at radius 3 is 2.80 bits per heavy atom. The normalized spacial score (nSPS) is 33.1. The Morgan fingerprint density at radius 1 is 1.60 bits per heavy atom. The van der Waals surface area contributed by atoms with Crippen LogP contribution in [0.4, 0.5) is 0 Å². The zero-order valence-electron chi connectivity index (χ0n) is 6.04. The van der Waals surface area contributed by atoms with Crippen LogP contribution in [0.1, 0.15) is 12.8 Å². The zero-order valence-corrected chi connectivity index (χ0v) is 6.04. The summed E-state index contributed by atoms with van der Waals surface area (Å²) in [4.78, 5) is 8.19. The number of nitrogens with zero attached hydrogens (tertiary/aromatic N) is 2. The number of nitrogens with one attached hydrogen (secondary N) is 1. The zero-order chi connectivity index (χ0) is 7.03. The maximum atomic E-state index is 4.23. The molecule has 1 heterocycles. The van der Waals surface area contributed by atoms with Crippen LogP contribution >= 0.6 is 0 Å². The number of hydrogen-bond acceptors (Lipinski definition) is 3. The van der Waals surface area contributed by atoms with E-state index >= 15 is 0 Å². The van der Waals surface area contributed by atoms with E-state index in [2.05, 4.69) is 15.3 Å². The van der Waals surface area contributed by atoms with Gasteiger partial charge in [0.15, 0.2) is 0 Å². The maximum Gasteiger partial charge on any atom is 0.110 e. The first-order valence-corrected chi connectivity index (χ1v) is 3.61. The molecule has 1 unspecified atom stereocenters. The summed E-state index contributed by atoms with van der Waals surface area (Å²) in [5.74, 6) is 0. The summed E-state index contributed by atoms with van der Waals surface area (Å²) in [6.45, 7) is 0. The largest absolute Gasteiger partial charge is 0.312 e. The summed E-state index contributed by atoms with van der Waals surface area (Å²) < 4.78 is 0. The summed E-state index contributed by atoms with van der Waals surface area (Å²) in [6.07, 6.45) is 6.03. The van der Waals surface area contributed by atoms with Gasteiger partial charge in [0.05, 0.1) is 0 Å². The third-order valence-corrected chi connectivity index (χ3v) is 2.37. The highest BCUT2D eigenvalue weighted by atomic mass is 15.1. The van der Waals surface area contributed by atoms with Crippen LogP contribution in [-0.2, 0) is 0 Å². The Morgan fingerprint density at radius 2 is 2.40 bits per heavy atom. The van der Waals surface area contributed by atoms with E-state index in [-0.39, 0.29) is 5.54 Å². The van der Waals surface area contributed by atoms with Gasteiger partial charge in [0.2, 0.25) is 0 Å². The van der Waals surface area contributed by atoms with Gasteiger partial charge in [-0.2, -0.15) is 0 Å². The minimum Gasteiger partial charge on any atom is -0.312 e. The van der Waals surface area contributed by atoms with Crippen molar-refractivity contribution in [3.63, 3.8) is 0 Å². The van der Waals surface area contributed by atoms with Crippen molar-refractivity contribution in [2.45, 2.75) is 24.4 Å². The van der Waals surface area contributed by atoms with Gasteiger partial charge in [-0.1, -0.05) is 0 Å². The van der Waals surface area contributed by atoms with E-state index in [0.29, 0.717) is 6.04 Å². The van der Waals surface area contributed by atoms with Crippen LogP contribution < -0.4 is 5.32 Å². The fraction of sp³-hybridized carbons (Fsp3) is 0.714. The molecule has 1 aliphatic heterocycles. The molecule has 3 nitrogen and oxygen atoms in total. The van der Waals surface area contributed by atoms with Crippen LogP contribution in [0.3, 0.4) is 0 Å². The van der Waals surface area contributed by atoms with Crippen molar-refractivity contribution in [1.82, 2.24) is 5.32 Å². The van der Waals surface area contributed by atoms with Crippen molar-refractivity contribution in [2.75, 3.05) is 7.05 Å². The molecule has 0 aromatic rings. The Labute approximate surface area is 60.3 Å². The monoisotopic (exact) mass is 137 g/mol. The molecule has 3 heteroatoms. The molecule has 2 aliphatic rings. The third kappa shape index (κ3) is 0.703. The van der Waals surface area contributed by atoms with Crippen molar-refractivity contribution in [3.8, 4) is 0 Å². The second kappa shape index (κ2) is 1.89. The smallest absolute Gasteiger partial charge is 0.110 e. The van der Waals surface area contributed by atoms with Gasteiger partial charge < -0.3 is 5.32 Å². The lowest BCUT2D eigenvalue weighted by molar-refractivity contribution is 0.525. The minimum atomic E-state index is 0.274. The summed E-state index contributed by atoms with van der Waals surface area (Å²) in [5, 5.41) is 3.29. The highest BCUT2D eigenvalue weighted by molar-refractivity contribution is 5.84. The van der Waals surface area contributed by atoms with E-state index < -0.39 is 0 Å². The molecule has 0 saturated heterocycles. The van der Waals surface area contributed by atoms with E-state index in [1.807, 2.05) is 13.3 Å². The van der Waals surface area contributed by atoms with Crippen molar-refractivity contribution in [2.24, 2.45) is 9.98 Å². The van der Waals surface area contributed by atoms with E-state index in [0.717, 1.165) is 0 Å². The van der Waals surface area contributed by atoms with Gasteiger partial charge in [-0.15, -0.1) is 0 Å². The van der Waals surface area contributed by atoms with E-state index in [1.165, 1.54) is 12.8 Å². The van der Waals surface area contributed by atoms with Crippen LogP contribution in [0.5, 0.6) is 0 Å². The first kappa shape index (κ1) is 6.04. The molecular weight excluding hydrogens is 126 g/mol. The van der Waals surface area contributed by atoms with Gasteiger partial charge in [-0.3, -0.25) is 4.99 Å². The highest BCUT2D eigenvalue weighted by Crippen LogP contribution is 2.39. The topological polar surface area (TPSA) is 36.8 Å². The molecular formula is C7H11N3. The standard InChI is InChI=1S/C7H11N3/c1-8-7(2-3-7)6-4-9-5-10-6/h4-6,8H,2-3H2,1H3. The van der Waals surface area contributed by atoms with Crippen LogP contribution in [0.15, 0.2) is 9.98 Å². The molecule has 0 aromatic carbocycles. The fourth-order valence-corrected chi connectivity index (χ4v) is 1.38. The Balaban J connectivity index is 2.11. The molecule has 54 valence electrons. The summed E-state index contributed by atoms with van der Waals surface area (Å²) in [7, 11) is 1.99. The predicted octanol–water partition coefficient (Wildman–Crippen LogP) is 0.220. The van der Waals surface area contributed by atoms with E-state index in [9.17, 15) is 0 Å². The molecule has 0 amide bonds. The lowest BCUT2D eigenvalue weighted by Crippen LogP contribution is -2.39. The molecule has 0 bridgehead atoms. The molecule has 1 fully saturated rings. The quantitative estimate of drug-likeness (QED) is 0.580. The number of aliphatic imine (C=N–C) groups is 2. The van der Waals surface area contributed by atoms with Gasteiger partial charge in [0.1, 0.15) is 12.4 Å². The van der Waals surface area contributed by atoms with Gasteiger partial charge >= 0.3 is 0 Å². The molecule has 1 saturated carbocycles. The first-order chi connectivity index (χ1) is 4.87. The van der Waals surface area contributed by atoms with Crippen LogP contribution in [-0.4, -0.2) is 31.2 Å². The predicted molar refractivity (Wildman–Crippen MR) is 41.8 cm³/mol. The average Bonchev–Trinajstić information content (AvgIpc) is 2.58. The molecule has 10 heavy (non-hydrogen) atoms. The average molecular weight is 137 g/mol. The maximum absolute atomic E-state index is 4.23. The fourth-order valence-electron chi connectivity index (χ4n) is 1.38. The van der Waals surface area contributed by atoms with E-state index in [4.69, 9.17) is 0 Å². The summed E-state index contributed by atoms with van der Waals surface area (Å²) in [6, 6.07) is 0.303. The SMILES string of the molecule is CNC1(C2C=NC=N2)CC1. The molecule has 0 radical (unpaired) electrons. The highest BCUT2D eigenvalue weighted by Gasteiger charge is 2.48. The number of rotatable bonds is 2. The lowest BCUT2D eigenvalue weighted by Gasteiger charge is -2.16. The van der Waals surface area contributed by atoms with E-state index in [1.54, 1.807) is 6.34 Å². The molecule has 1 N–H and O–H groups in total. The molecule has 1 aliphatic carbocycles. The van der Waals surface area contributed by atoms with Crippen molar-refractivity contribution in [1.29, 1.82) is 0 Å². The van der Waals surface area contributed by atoms with Crippen molar-refractivity contribution < 1.29 is 0 Å². The van der Waals surface area contributed by atoms with Gasteiger partial charge in [-0.05, 0) is 19.9 Å². The second-order valence-electron chi connectivity index (χ2n) is 2.91. The van der Waals surface area contributed by atoms with Crippen LogP contribution in [0.25, 0.3) is 0 Å². The minimum absolute atomic E-state index is 0.274. The van der Waals surface area contributed by atoms with Gasteiger partial charge in [0.25, 0.3) is 0 Å². The molecule has 1 atom stereocenters. The third-order valence-electron chi connectivity index (χ3n) is 2.37. The molecule has 0 spiro atoms. The molecule has 2 rings (SSSR count). The Hall–Kier alpha value is -0.700. The number of likely N-dealkylation sites (N-methyl/N-ethyl adjacent to an activating group) is 1.